The van der Waals surface area contributed by atoms with E-state index in [9.17, 15) is 18.7 Å². The van der Waals surface area contributed by atoms with Gasteiger partial charge in [0.2, 0.25) is 10.0 Å². The molecule has 2 aromatic rings. The fraction of sp³-hybridized carbons (Fsp3) is 0.542. The Balaban J connectivity index is 2.46. The molecule has 198 valence electrons. The molecular weight excluding hydrogens is 502 g/mol. The third-order valence-corrected chi connectivity index (χ3v) is 7.77. The van der Waals surface area contributed by atoms with Crippen LogP contribution in [0.5, 0.6) is 5.75 Å². The van der Waals surface area contributed by atoms with Crippen LogP contribution in [-0.2, 0) is 21.2 Å². The average molecular weight is 538 g/mol. The van der Waals surface area contributed by atoms with Gasteiger partial charge in [0, 0.05) is 22.9 Å². The summed E-state index contributed by atoms with van der Waals surface area (Å²) in [6, 6.07) is 8.30. The van der Waals surface area contributed by atoms with Crippen molar-refractivity contribution in [3.05, 3.63) is 57.1 Å². The molecule has 1 aromatic carbocycles. The van der Waals surface area contributed by atoms with E-state index < -0.39 is 33.8 Å². The zero-order valence-corrected chi connectivity index (χ0v) is 23.2. The molecule has 1 amide bonds. The number of rotatable bonds is 12. The number of carbonyl (C=O) groups excluding carboxylic acids is 1. The summed E-state index contributed by atoms with van der Waals surface area (Å²) < 4.78 is 39.2. The Morgan fingerprint density at radius 1 is 1.19 bits per heavy atom. The minimum atomic E-state index is -3.94. The molecule has 1 heterocycles. The van der Waals surface area contributed by atoms with Crippen molar-refractivity contribution in [3.8, 4) is 5.75 Å². The number of sulfonamides is 1. The summed E-state index contributed by atoms with van der Waals surface area (Å²) in [6.07, 6.45) is -0.386. The Labute approximate surface area is 217 Å². The topological polar surface area (TPSA) is 134 Å². The normalized spacial score (nSPS) is 13.7. The molecule has 1 N–H and O–H groups in total. The van der Waals surface area contributed by atoms with Gasteiger partial charge in [-0.15, -0.1) is 11.3 Å². The number of amides is 1. The molecule has 10 nitrogen and oxygen atoms in total. The number of azide groups is 1. The second kappa shape index (κ2) is 13.0. The summed E-state index contributed by atoms with van der Waals surface area (Å²) in [4.78, 5) is 16.7. The lowest BCUT2D eigenvalue weighted by Crippen LogP contribution is -2.53. The maximum absolute atomic E-state index is 13.7. The minimum absolute atomic E-state index is 0.00425. The first-order valence-corrected chi connectivity index (χ1v) is 13.9. The van der Waals surface area contributed by atoms with Crippen LogP contribution >= 0.6 is 11.3 Å². The molecule has 0 saturated carbocycles. The molecule has 0 fully saturated rings. The van der Waals surface area contributed by atoms with Gasteiger partial charge in [0.25, 0.3) is 0 Å². The number of hydrogen-bond donors (Lipinski definition) is 1. The van der Waals surface area contributed by atoms with E-state index in [2.05, 4.69) is 15.3 Å². The number of alkyl carbamates (subject to hydrolysis) is 1. The van der Waals surface area contributed by atoms with E-state index in [1.165, 1.54) is 34.9 Å². The maximum Gasteiger partial charge on any atom is 0.407 e. The molecule has 0 aliphatic rings. The summed E-state index contributed by atoms with van der Waals surface area (Å²) in [5.74, 6) is 0.531. The summed E-state index contributed by atoms with van der Waals surface area (Å²) in [6.45, 7) is 9.10. The third-order valence-electron chi connectivity index (χ3n) is 5.02. The first-order chi connectivity index (χ1) is 16.9. The summed E-state index contributed by atoms with van der Waals surface area (Å²) in [5.41, 5.74) is 8.51. The van der Waals surface area contributed by atoms with Gasteiger partial charge in [0.15, 0.2) is 0 Å². The van der Waals surface area contributed by atoms with Crippen LogP contribution in [0.3, 0.4) is 0 Å². The van der Waals surface area contributed by atoms with Crippen LogP contribution in [0.1, 0.15) is 39.5 Å². The van der Waals surface area contributed by atoms with Crippen LogP contribution in [0.25, 0.3) is 10.4 Å². The first kappa shape index (κ1) is 29.4. The highest BCUT2D eigenvalue weighted by molar-refractivity contribution is 7.89. The highest BCUT2D eigenvalue weighted by atomic mass is 32.2. The number of carbonyl (C=O) groups is 1. The van der Waals surface area contributed by atoms with Gasteiger partial charge in [-0.3, -0.25) is 0 Å². The third kappa shape index (κ3) is 9.02. The van der Waals surface area contributed by atoms with Gasteiger partial charge >= 0.3 is 6.09 Å². The molecule has 2 rings (SSSR count). The van der Waals surface area contributed by atoms with Gasteiger partial charge in [-0.2, -0.15) is 4.31 Å². The molecule has 2 atom stereocenters. The van der Waals surface area contributed by atoms with Gasteiger partial charge < -0.3 is 14.8 Å². The fourth-order valence-corrected chi connectivity index (χ4v) is 5.87. The number of benzene rings is 1. The summed E-state index contributed by atoms with van der Waals surface area (Å²) in [5, 5.41) is 8.61. The quantitative estimate of drug-likeness (QED) is 0.225. The van der Waals surface area contributed by atoms with Crippen molar-refractivity contribution >= 4 is 27.5 Å². The maximum atomic E-state index is 13.7. The van der Waals surface area contributed by atoms with Gasteiger partial charge in [-0.05, 0) is 74.4 Å². The Morgan fingerprint density at radius 2 is 1.86 bits per heavy atom. The van der Waals surface area contributed by atoms with Crippen molar-refractivity contribution in [3.63, 3.8) is 0 Å². The van der Waals surface area contributed by atoms with Crippen molar-refractivity contribution in [2.45, 2.75) is 63.6 Å². The Hall–Kier alpha value is -2.79. The number of nitrogens with zero attached hydrogens (tertiary/aromatic N) is 4. The molecule has 1 aromatic heterocycles. The molecule has 0 spiro atoms. The zero-order valence-electron chi connectivity index (χ0n) is 21.5. The molecule has 0 aliphatic heterocycles. The van der Waals surface area contributed by atoms with E-state index in [0.717, 1.165) is 4.88 Å². The number of ether oxygens (including phenoxy) is 2. The highest BCUT2D eigenvalue weighted by Crippen LogP contribution is 2.23. The van der Waals surface area contributed by atoms with E-state index >= 15 is 0 Å². The van der Waals surface area contributed by atoms with E-state index in [0.29, 0.717) is 12.2 Å². The van der Waals surface area contributed by atoms with Gasteiger partial charge in [0.1, 0.15) is 11.4 Å². The monoisotopic (exact) mass is 537 g/mol. The Kier molecular flexibility index (Phi) is 10.6. The smallest absolute Gasteiger partial charge is 0.407 e. The van der Waals surface area contributed by atoms with E-state index in [-0.39, 0.29) is 23.9 Å². The molecule has 0 unspecified atom stereocenters. The van der Waals surface area contributed by atoms with Crippen molar-refractivity contribution in [1.29, 1.82) is 0 Å². The zero-order chi connectivity index (χ0) is 26.9. The lowest BCUT2D eigenvalue weighted by atomic mass is 10.0. The number of nitrogens with one attached hydrogen (secondary N) is 1. The first-order valence-electron chi connectivity index (χ1n) is 11.6. The van der Waals surface area contributed by atoms with Crippen molar-refractivity contribution in [2.75, 3.05) is 20.2 Å². The van der Waals surface area contributed by atoms with Crippen molar-refractivity contribution in [1.82, 2.24) is 9.62 Å². The Bertz CT molecular complexity index is 1120. The molecule has 0 bridgehead atoms. The second-order valence-electron chi connectivity index (χ2n) is 9.70. The largest absolute Gasteiger partial charge is 0.497 e. The number of hydrogen-bond acceptors (Lipinski definition) is 7. The van der Waals surface area contributed by atoms with E-state index in [1.54, 1.807) is 32.9 Å². The van der Waals surface area contributed by atoms with E-state index in [1.807, 2.05) is 31.4 Å². The lowest BCUT2D eigenvalue weighted by molar-refractivity contribution is 0.0489. The highest BCUT2D eigenvalue weighted by Gasteiger charge is 2.33. The molecular formula is C24H35N5O5S2. The van der Waals surface area contributed by atoms with Crippen LogP contribution < -0.4 is 10.1 Å². The van der Waals surface area contributed by atoms with Crippen LogP contribution in [0, 0.1) is 5.92 Å². The molecule has 0 saturated heterocycles. The predicted octanol–water partition coefficient (Wildman–Crippen LogP) is 5.22. The SMILES string of the molecule is COc1ccc(S(=O)(=O)N(CC(C)C)C[C@@H](NC(=O)OC(C)(C)C)[C@H](Cc2cccs2)N=[N+]=[N-])cc1. The van der Waals surface area contributed by atoms with Crippen molar-refractivity contribution in [2.24, 2.45) is 11.0 Å². The van der Waals surface area contributed by atoms with Gasteiger partial charge in [0.05, 0.1) is 24.1 Å². The van der Waals surface area contributed by atoms with E-state index in [4.69, 9.17) is 9.47 Å². The predicted molar refractivity (Wildman–Crippen MR) is 141 cm³/mol. The summed E-state index contributed by atoms with van der Waals surface area (Å²) >= 11 is 1.49. The number of thiophene rings is 1. The van der Waals surface area contributed by atoms with Gasteiger partial charge in [-0.1, -0.05) is 25.0 Å². The van der Waals surface area contributed by atoms with Crippen LogP contribution in [0.2, 0.25) is 0 Å². The van der Waals surface area contributed by atoms with Crippen LogP contribution in [0.15, 0.2) is 51.8 Å². The second-order valence-corrected chi connectivity index (χ2v) is 12.7. The molecule has 0 radical (unpaired) electrons. The summed E-state index contributed by atoms with van der Waals surface area (Å²) in [7, 11) is -2.44. The van der Waals surface area contributed by atoms with Crippen LogP contribution in [-0.4, -0.2) is 56.7 Å². The lowest BCUT2D eigenvalue weighted by Gasteiger charge is -2.32. The standard InChI is InChI=1S/C24H35N5O5S2/c1-17(2)15-29(36(31,32)20-11-9-18(33-6)10-12-20)16-22(26-23(30)34-24(3,4)5)21(27-28-25)14-19-8-7-13-35-19/h7-13,17,21-22H,14-16H2,1-6H3,(H,26,30)/t21-,22+/m0/s1. The van der Waals surface area contributed by atoms with Crippen LogP contribution in [0.4, 0.5) is 4.79 Å². The Morgan fingerprint density at radius 3 is 2.36 bits per heavy atom. The average Bonchev–Trinajstić information content (AvgIpc) is 3.29. The van der Waals surface area contributed by atoms with Crippen molar-refractivity contribution < 1.29 is 22.7 Å². The number of methoxy groups -OCH3 is 1. The fourth-order valence-electron chi connectivity index (χ4n) is 3.48. The van der Waals surface area contributed by atoms with Gasteiger partial charge in [-0.25, -0.2) is 13.2 Å². The minimum Gasteiger partial charge on any atom is -0.497 e. The molecule has 0 aliphatic carbocycles. The molecule has 12 heteroatoms. The molecule has 36 heavy (non-hydrogen) atoms.